The molecular formula is C17H27ClN6O2. The van der Waals surface area contributed by atoms with Crippen molar-refractivity contribution in [3.05, 3.63) is 35.9 Å². The number of hydrogen-bond donors (Lipinski definition) is 3. The third kappa shape index (κ3) is 5.62. The Morgan fingerprint density at radius 2 is 1.69 bits per heavy atom. The number of nitrogens with zero attached hydrogens (tertiary/aromatic N) is 3. The van der Waals surface area contributed by atoms with Crippen LogP contribution in [0.1, 0.15) is 27.4 Å². The second-order valence-electron chi connectivity index (χ2n) is 6.44. The van der Waals surface area contributed by atoms with Gasteiger partial charge in [-0.2, -0.15) is 0 Å². The molecule has 2 aromatic heterocycles. The highest BCUT2D eigenvalue weighted by molar-refractivity contribution is 6.04. The minimum absolute atomic E-state index is 0. The molecule has 0 aromatic carbocycles. The highest BCUT2D eigenvalue weighted by Gasteiger charge is 2.16. The average Bonchev–Trinajstić information content (AvgIpc) is 3.05. The molecule has 2 heterocycles. The Balaban J connectivity index is 0.00000338. The van der Waals surface area contributed by atoms with E-state index >= 15 is 0 Å². The largest absolute Gasteiger partial charge is 1.00 e. The predicted molar refractivity (Wildman–Crippen MR) is 96.8 cm³/mol. The van der Waals surface area contributed by atoms with E-state index in [1.54, 1.807) is 47.8 Å². The number of quaternary nitrogens is 1. The fraction of sp³-hybridized carbons (Fsp3) is 0.412. The Morgan fingerprint density at radius 3 is 2.27 bits per heavy atom. The summed E-state index contributed by atoms with van der Waals surface area (Å²) in [6.45, 7) is 1.53. The lowest BCUT2D eigenvalue weighted by atomic mass is 10.3. The maximum atomic E-state index is 12.3. The number of carbonyl (C=O) groups is 2. The number of aromatic nitrogens is 2. The molecule has 0 unspecified atom stereocenters. The second-order valence-corrected chi connectivity index (χ2v) is 6.44. The van der Waals surface area contributed by atoms with Crippen molar-refractivity contribution in [1.29, 1.82) is 0 Å². The number of nitrogens with one attached hydrogen (secondary N) is 2. The Labute approximate surface area is 159 Å². The number of aryl methyl sites for hydroxylation is 2. The summed E-state index contributed by atoms with van der Waals surface area (Å²) >= 11 is 0. The Kier molecular flexibility index (Phi) is 7.88. The maximum absolute atomic E-state index is 12.3. The molecule has 0 saturated carbocycles. The van der Waals surface area contributed by atoms with Crippen molar-refractivity contribution in [3.63, 3.8) is 0 Å². The smallest absolute Gasteiger partial charge is 0.272 e. The minimum atomic E-state index is -0.235. The Morgan fingerprint density at radius 1 is 1.08 bits per heavy atom. The first-order valence-corrected chi connectivity index (χ1v) is 8.17. The quantitative estimate of drug-likeness (QED) is 0.450. The number of hydrogen-bond acceptors (Lipinski definition) is 3. The molecule has 0 saturated heterocycles. The fourth-order valence-electron chi connectivity index (χ4n) is 2.60. The summed E-state index contributed by atoms with van der Waals surface area (Å²) in [5, 5.41) is 5.71. The first kappa shape index (κ1) is 21.8. The van der Waals surface area contributed by atoms with Crippen molar-refractivity contribution in [1.82, 2.24) is 19.4 Å². The molecule has 0 aliphatic rings. The van der Waals surface area contributed by atoms with E-state index < -0.39 is 0 Å². The van der Waals surface area contributed by atoms with Gasteiger partial charge in [0.1, 0.15) is 17.1 Å². The van der Waals surface area contributed by atoms with Gasteiger partial charge >= 0.3 is 0 Å². The zero-order chi connectivity index (χ0) is 18.6. The molecule has 2 rings (SSSR count). The first-order chi connectivity index (χ1) is 11.8. The number of halogens is 1. The van der Waals surface area contributed by atoms with Gasteiger partial charge in [-0.15, -0.1) is 0 Å². The van der Waals surface area contributed by atoms with Gasteiger partial charge in [0.2, 0.25) is 0 Å². The second kappa shape index (κ2) is 9.42. The van der Waals surface area contributed by atoms with Crippen LogP contribution in [0.3, 0.4) is 0 Å². The topological polar surface area (TPSA) is 98.9 Å². The molecule has 8 nitrogen and oxygen atoms in total. The van der Waals surface area contributed by atoms with Gasteiger partial charge in [-0.1, -0.05) is 0 Å². The van der Waals surface area contributed by atoms with Crippen LogP contribution in [0.2, 0.25) is 0 Å². The summed E-state index contributed by atoms with van der Waals surface area (Å²) < 4.78 is 3.42. The fourth-order valence-corrected chi connectivity index (χ4v) is 2.60. The molecular weight excluding hydrogens is 356 g/mol. The number of anilines is 1. The highest BCUT2D eigenvalue weighted by atomic mass is 35.5. The lowest BCUT2D eigenvalue weighted by Gasteiger charge is -2.10. The standard InChI is InChI=1S/C17H26N6O2.ClH/c1-21(2)7-5-6-19-16(24)15-9-13(11-23(15)4)20-17(25)14-8-12(18)10-22(14)3;/h8-11H,5-7,18H2,1-4H3,(H,19,24)(H,20,25);1H. The number of amides is 2. The van der Waals surface area contributed by atoms with Gasteiger partial charge in [-0.05, 0) is 33.1 Å². The van der Waals surface area contributed by atoms with Crippen molar-refractivity contribution in [2.75, 3.05) is 32.5 Å². The van der Waals surface area contributed by atoms with E-state index in [-0.39, 0.29) is 24.2 Å². The molecule has 0 fully saturated rings. The Bertz CT molecular complexity index is 765. The van der Waals surface area contributed by atoms with Gasteiger partial charge < -0.3 is 42.8 Å². The van der Waals surface area contributed by atoms with Crippen molar-refractivity contribution in [2.45, 2.75) is 6.42 Å². The SMILES string of the molecule is CN(C)CCCNC(=O)c1cc(NC(=O)c2cc([NH3+])cn2C)cn1C.[Cl-]. The lowest BCUT2D eigenvalue weighted by molar-refractivity contribution is -0.254. The summed E-state index contributed by atoms with van der Waals surface area (Å²) in [6, 6.07) is 3.39. The van der Waals surface area contributed by atoms with Gasteiger partial charge in [-0.3, -0.25) is 9.59 Å². The highest BCUT2D eigenvalue weighted by Crippen LogP contribution is 2.15. The van der Waals surface area contributed by atoms with E-state index in [1.807, 2.05) is 14.1 Å². The lowest BCUT2D eigenvalue weighted by Crippen LogP contribution is -3.00. The summed E-state index contributed by atoms with van der Waals surface area (Å²) in [4.78, 5) is 26.7. The van der Waals surface area contributed by atoms with Gasteiger partial charge in [0.15, 0.2) is 0 Å². The third-order valence-corrected chi connectivity index (χ3v) is 3.86. The maximum Gasteiger partial charge on any atom is 0.272 e. The van der Waals surface area contributed by atoms with Crippen LogP contribution >= 0.6 is 0 Å². The molecule has 2 aromatic rings. The van der Waals surface area contributed by atoms with Crippen LogP contribution in [0.15, 0.2) is 24.5 Å². The summed E-state index contributed by atoms with van der Waals surface area (Å²) in [7, 11) is 7.57. The van der Waals surface area contributed by atoms with Crippen LogP contribution < -0.4 is 28.8 Å². The van der Waals surface area contributed by atoms with Gasteiger partial charge in [0.05, 0.1) is 11.9 Å². The normalized spacial score (nSPS) is 10.5. The minimum Gasteiger partial charge on any atom is -1.00 e. The van der Waals surface area contributed by atoms with E-state index in [2.05, 4.69) is 21.3 Å². The van der Waals surface area contributed by atoms with Gasteiger partial charge in [0.25, 0.3) is 11.8 Å². The molecule has 0 bridgehead atoms. The molecule has 144 valence electrons. The summed E-state index contributed by atoms with van der Waals surface area (Å²) in [6.07, 6.45) is 4.39. The molecule has 0 aliphatic heterocycles. The molecule has 0 atom stereocenters. The van der Waals surface area contributed by atoms with E-state index in [9.17, 15) is 9.59 Å². The van der Waals surface area contributed by atoms with E-state index in [1.165, 1.54) is 0 Å². The van der Waals surface area contributed by atoms with Crippen molar-refractivity contribution < 1.29 is 27.7 Å². The molecule has 9 heteroatoms. The predicted octanol–water partition coefficient (Wildman–Crippen LogP) is -2.83. The summed E-state index contributed by atoms with van der Waals surface area (Å²) in [5.74, 6) is -0.387. The molecule has 5 N–H and O–H groups in total. The third-order valence-electron chi connectivity index (χ3n) is 3.86. The number of rotatable bonds is 7. The van der Waals surface area contributed by atoms with Gasteiger partial charge in [0, 0.05) is 32.9 Å². The van der Waals surface area contributed by atoms with Crippen LogP contribution in [0.5, 0.6) is 0 Å². The van der Waals surface area contributed by atoms with Crippen LogP contribution in [0, 0.1) is 0 Å². The van der Waals surface area contributed by atoms with Crippen molar-refractivity contribution in [2.24, 2.45) is 14.1 Å². The molecule has 0 aliphatic carbocycles. The van der Waals surface area contributed by atoms with Crippen molar-refractivity contribution >= 4 is 23.2 Å². The van der Waals surface area contributed by atoms with Crippen LogP contribution in [-0.4, -0.2) is 53.0 Å². The molecule has 26 heavy (non-hydrogen) atoms. The Hall–Kier alpha value is -2.29. The molecule has 0 radical (unpaired) electrons. The van der Waals surface area contributed by atoms with Crippen LogP contribution in [-0.2, 0) is 14.1 Å². The first-order valence-electron chi connectivity index (χ1n) is 8.17. The van der Waals surface area contributed by atoms with Crippen LogP contribution in [0.25, 0.3) is 0 Å². The van der Waals surface area contributed by atoms with Gasteiger partial charge in [-0.25, -0.2) is 0 Å². The van der Waals surface area contributed by atoms with E-state index in [4.69, 9.17) is 0 Å². The zero-order valence-electron chi connectivity index (χ0n) is 15.7. The van der Waals surface area contributed by atoms with Crippen molar-refractivity contribution in [3.8, 4) is 0 Å². The van der Waals surface area contributed by atoms with E-state index in [0.29, 0.717) is 23.6 Å². The number of carbonyl (C=O) groups excluding carboxylic acids is 2. The summed E-state index contributed by atoms with van der Waals surface area (Å²) in [5.41, 5.74) is 6.20. The average molecular weight is 383 g/mol. The molecule has 2 amide bonds. The monoisotopic (exact) mass is 382 g/mol. The van der Waals surface area contributed by atoms with E-state index in [0.717, 1.165) is 18.7 Å². The molecule has 0 spiro atoms. The van der Waals surface area contributed by atoms with Crippen LogP contribution in [0.4, 0.5) is 11.4 Å². The zero-order valence-corrected chi connectivity index (χ0v) is 16.4.